The Morgan fingerprint density at radius 2 is 1.79 bits per heavy atom. The van der Waals surface area contributed by atoms with Gasteiger partial charge in [0.15, 0.2) is 0 Å². The van der Waals surface area contributed by atoms with Crippen molar-refractivity contribution in [1.29, 1.82) is 0 Å². The Balaban J connectivity index is 2.09. The molecule has 0 saturated heterocycles. The summed E-state index contributed by atoms with van der Waals surface area (Å²) in [7, 11) is 0. The van der Waals surface area contributed by atoms with E-state index in [9.17, 15) is 4.79 Å². The van der Waals surface area contributed by atoms with Crippen LogP contribution in [0.2, 0.25) is 10.0 Å². The molecule has 0 radical (unpaired) electrons. The number of nitrogens with one attached hydrogen (secondary N) is 2. The number of benzene rings is 1. The number of aryl methyl sites for hydroxylation is 1. The molecule has 24 heavy (non-hydrogen) atoms. The summed E-state index contributed by atoms with van der Waals surface area (Å²) in [6.45, 7) is 4.75. The van der Waals surface area contributed by atoms with Crippen molar-refractivity contribution in [1.82, 2.24) is 9.97 Å². The molecule has 0 saturated carbocycles. The maximum atomic E-state index is 12.4. The van der Waals surface area contributed by atoms with E-state index in [1.54, 1.807) is 24.3 Å². The van der Waals surface area contributed by atoms with E-state index >= 15 is 0 Å². The minimum atomic E-state index is -0.338. The van der Waals surface area contributed by atoms with E-state index in [0.29, 0.717) is 21.7 Å². The molecule has 2 N–H and O–H groups in total. The molecule has 7 heteroatoms. The van der Waals surface area contributed by atoms with E-state index in [0.717, 1.165) is 31.5 Å². The average molecular weight is 367 g/mol. The SMILES string of the molecule is CCCCCNc1nc(C)cc(C(=O)Nc2cc(Cl)cc(Cl)c2)n1. The van der Waals surface area contributed by atoms with Gasteiger partial charge in [0.25, 0.3) is 5.91 Å². The van der Waals surface area contributed by atoms with Crippen molar-refractivity contribution in [3.05, 3.63) is 45.7 Å². The lowest BCUT2D eigenvalue weighted by atomic mass is 10.2. The third-order valence-corrected chi connectivity index (χ3v) is 3.71. The highest BCUT2D eigenvalue weighted by Crippen LogP contribution is 2.22. The number of anilines is 2. The zero-order chi connectivity index (χ0) is 17.5. The molecule has 0 atom stereocenters. The second-order valence-corrected chi connectivity index (χ2v) is 6.34. The van der Waals surface area contributed by atoms with Gasteiger partial charge in [-0.15, -0.1) is 0 Å². The normalized spacial score (nSPS) is 10.5. The van der Waals surface area contributed by atoms with Gasteiger partial charge in [0.2, 0.25) is 5.95 Å². The Morgan fingerprint density at radius 1 is 1.08 bits per heavy atom. The number of aromatic nitrogens is 2. The van der Waals surface area contributed by atoms with Gasteiger partial charge in [-0.2, -0.15) is 0 Å². The number of amides is 1. The van der Waals surface area contributed by atoms with Crippen molar-refractivity contribution in [3.63, 3.8) is 0 Å². The molecule has 1 aromatic heterocycles. The number of rotatable bonds is 7. The number of carbonyl (C=O) groups is 1. The van der Waals surface area contributed by atoms with Crippen molar-refractivity contribution in [2.75, 3.05) is 17.2 Å². The van der Waals surface area contributed by atoms with Crippen LogP contribution in [0.3, 0.4) is 0 Å². The number of halogens is 2. The van der Waals surface area contributed by atoms with Gasteiger partial charge < -0.3 is 10.6 Å². The second-order valence-electron chi connectivity index (χ2n) is 5.46. The lowest BCUT2D eigenvalue weighted by molar-refractivity contribution is 0.102. The van der Waals surface area contributed by atoms with Crippen LogP contribution in [0, 0.1) is 6.92 Å². The maximum Gasteiger partial charge on any atom is 0.274 e. The molecule has 0 unspecified atom stereocenters. The molecular formula is C17H20Cl2N4O. The lowest BCUT2D eigenvalue weighted by Crippen LogP contribution is -2.16. The van der Waals surface area contributed by atoms with Gasteiger partial charge in [-0.1, -0.05) is 43.0 Å². The fourth-order valence-corrected chi connectivity index (χ4v) is 2.69. The molecular weight excluding hydrogens is 347 g/mol. The molecule has 0 aliphatic carbocycles. The van der Waals surface area contributed by atoms with Gasteiger partial charge in [0, 0.05) is 28.0 Å². The van der Waals surface area contributed by atoms with Crippen molar-refractivity contribution in [3.8, 4) is 0 Å². The zero-order valence-electron chi connectivity index (χ0n) is 13.7. The van der Waals surface area contributed by atoms with Gasteiger partial charge in [-0.25, -0.2) is 9.97 Å². The van der Waals surface area contributed by atoms with E-state index in [1.165, 1.54) is 0 Å². The summed E-state index contributed by atoms with van der Waals surface area (Å²) >= 11 is 11.9. The number of unbranched alkanes of at least 4 members (excludes halogenated alkanes) is 2. The minimum absolute atomic E-state index is 0.289. The first-order valence-corrected chi connectivity index (χ1v) is 8.60. The van der Waals surface area contributed by atoms with Crippen LogP contribution in [0.4, 0.5) is 11.6 Å². The van der Waals surface area contributed by atoms with Crippen LogP contribution in [-0.2, 0) is 0 Å². The first-order chi connectivity index (χ1) is 11.5. The maximum absolute atomic E-state index is 12.4. The molecule has 128 valence electrons. The Kier molecular flexibility index (Phi) is 6.82. The largest absolute Gasteiger partial charge is 0.354 e. The van der Waals surface area contributed by atoms with Crippen LogP contribution < -0.4 is 10.6 Å². The Bertz CT molecular complexity index is 701. The molecule has 0 bridgehead atoms. The van der Waals surface area contributed by atoms with Crippen molar-refractivity contribution >= 4 is 40.7 Å². The van der Waals surface area contributed by atoms with Crippen LogP contribution >= 0.6 is 23.2 Å². The standard InChI is InChI=1S/C17H20Cl2N4O/c1-3-4-5-6-20-17-21-11(2)7-15(23-17)16(24)22-14-9-12(18)8-13(19)10-14/h7-10H,3-6H2,1-2H3,(H,22,24)(H,20,21,23). The van der Waals surface area contributed by atoms with Gasteiger partial charge >= 0.3 is 0 Å². The van der Waals surface area contributed by atoms with E-state index in [4.69, 9.17) is 23.2 Å². The van der Waals surface area contributed by atoms with E-state index in [-0.39, 0.29) is 11.6 Å². The Hall–Kier alpha value is -1.85. The summed E-state index contributed by atoms with van der Waals surface area (Å²) in [5.74, 6) is 0.121. The number of hydrogen-bond donors (Lipinski definition) is 2. The summed E-state index contributed by atoms with van der Waals surface area (Å²) in [5, 5.41) is 6.81. The number of carbonyl (C=O) groups excluding carboxylic acids is 1. The van der Waals surface area contributed by atoms with Gasteiger partial charge in [0.1, 0.15) is 5.69 Å². The van der Waals surface area contributed by atoms with Crippen molar-refractivity contribution in [2.24, 2.45) is 0 Å². The van der Waals surface area contributed by atoms with Crippen LogP contribution in [0.1, 0.15) is 42.4 Å². The molecule has 0 spiro atoms. The molecule has 1 aromatic carbocycles. The summed E-state index contributed by atoms with van der Waals surface area (Å²) in [4.78, 5) is 21.0. The molecule has 2 rings (SSSR count). The fraction of sp³-hybridized carbons (Fsp3) is 0.353. The molecule has 2 aromatic rings. The Morgan fingerprint density at radius 3 is 2.46 bits per heavy atom. The monoisotopic (exact) mass is 366 g/mol. The summed E-state index contributed by atoms with van der Waals surface area (Å²) in [6.07, 6.45) is 3.32. The highest BCUT2D eigenvalue weighted by atomic mass is 35.5. The molecule has 5 nitrogen and oxygen atoms in total. The topological polar surface area (TPSA) is 66.9 Å². The summed E-state index contributed by atoms with van der Waals surface area (Å²) in [6, 6.07) is 6.50. The van der Waals surface area contributed by atoms with E-state index in [1.807, 2.05) is 6.92 Å². The average Bonchev–Trinajstić information content (AvgIpc) is 2.50. The third kappa shape index (κ3) is 5.65. The molecule has 1 heterocycles. The van der Waals surface area contributed by atoms with Gasteiger partial charge in [-0.3, -0.25) is 4.79 Å². The van der Waals surface area contributed by atoms with Crippen molar-refractivity contribution in [2.45, 2.75) is 33.1 Å². The Labute approximate surface area is 151 Å². The summed E-state index contributed by atoms with van der Waals surface area (Å²) < 4.78 is 0. The fourth-order valence-electron chi connectivity index (χ4n) is 2.16. The van der Waals surface area contributed by atoms with Crippen LogP contribution in [0.25, 0.3) is 0 Å². The number of nitrogens with zero attached hydrogens (tertiary/aromatic N) is 2. The van der Waals surface area contributed by atoms with Gasteiger partial charge in [0.05, 0.1) is 0 Å². The van der Waals surface area contributed by atoms with Gasteiger partial charge in [-0.05, 0) is 37.6 Å². The van der Waals surface area contributed by atoms with E-state index in [2.05, 4.69) is 27.5 Å². The van der Waals surface area contributed by atoms with Crippen LogP contribution in [-0.4, -0.2) is 22.4 Å². The van der Waals surface area contributed by atoms with E-state index < -0.39 is 0 Å². The minimum Gasteiger partial charge on any atom is -0.354 e. The highest BCUT2D eigenvalue weighted by molar-refractivity contribution is 6.35. The van der Waals surface area contributed by atoms with Crippen LogP contribution in [0.5, 0.6) is 0 Å². The smallest absolute Gasteiger partial charge is 0.274 e. The molecule has 0 fully saturated rings. The molecule has 0 aliphatic heterocycles. The highest BCUT2D eigenvalue weighted by Gasteiger charge is 2.11. The summed E-state index contributed by atoms with van der Waals surface area (Å²) in [5.41, 5.74) is 1.53. The third-order valence-electron chi connectivity index (χ3n) is 3.27. The predicted octanol–water partition coefficient (Wildman–Crippen LogP) is 4.95. The first kappa shape index (κ1) is 18.5. The number of hydrogen-bond acceptors (Lipinski definition) is 4. The molecule has 1 amide bonds. The second kappa shape index (κ2) is 8.85. The molecule has 0 aliphatic rings. The predicted molar refractivity (Wildman–Crippen MR) is 99.2 cm³/mol. The lowest BCUT2D eigenvalue weighted by Gasteiger charge is -2.09. The van der Waals surface area contributed by atoms with Crippen molar-refractivity contribution < 1.29 is 4.79 Å². The zero-order valence-corrected chi connectivity index (χ0v) is 15.2. The quantitative estimate of drug-likeness (QED) is 0.680. The first-order valence-electron chi connectivity index (χ1n) is 7.85. The van der Waals surface area contributed by atoms with Crippen LogP contribution in [0.15, 0.2) is 24.3 Å².